The van der Waals surface area contributed by atoms with E-state index in [1.165, 1.54) is 16.8 Å². The number of hydrogen-bond acceptors (Lipinski definition) is 3. The zero-order valence-electron chi connectivity index (χ0n) is 9.57. The van der Waals surface area contributed by atoms with Gasteiger partial charge in [0.15, 0.2) is 0 Å². The maximum Gasteiger partial charge on any atom is 0.416 e. The fraction of sp³-hybridized carbons (Fsp3) is 0.273. The SMILES string of the molecule is Cc1nc(CN)n(-c2ccc(C(F)(F)F)cc2)n1. The quantitative estimate of drug-likeness (QED) is 0.894. The van der Waals surface area contributed by atoms with Crippen molar-refractivity contribution in [2.45, 2.75) is 19.6 Å². The third kappa shape index (κ3) is 2.35. The summed E-state index contributed by atoms with van der Waals surface area (Å²) < 4.78 is 38.7. The number of nitrogens with two attached hydrogens (primary N) is 1. The van der Waals surface area contributed by atoms with Crippen molar-refractivity contribution < 1.29 is 13.2 Å². The van der Waals surface area contributed by atoms with E-state index in [0.29, 0.717) is 17.3 Å². The molecule has 18 heavy (non-hydrogen) atoms. The van der Waals surface area contributed by atoms with E-state index in [0.717, 1.165) is 12.1 Å². The number of nitrogens with zero attached hydrogens (tertiary/aromatic N) is 3. The Balaban J connectivity index is 2.40. The molecule has 2 N–H and O–H groups in total. The molecule has 0 radical (unpaired) electrons. The highest BCUT2D eigenvalue weighted by Crippen LogP contribution is 2.29. The van der Waals surface area contributed by atoms with E-state index in [1.807, 2.05) is 0 Å². The summed E-state index contributed by atoms with van der Waals surface area (Å²) in [6.07, 6.45) is -4.34. The summed E-state index contributed by atoms with van der Waals surface area (Å²) >= 11 is 0. The van der Waals surface area contributed by atoms with Gasteiger partial charge in [0.25, 0.3) is 0 Å². The molecule has 0 atom stereocenters. The first-order valence-electron chi connectivity index (χ1n) is 5.22. The summed E-state index contributed by atoms with van der Waals surface area (Å²) in [4.78, 5) is 4.08. The van der Waals surface area contributed by atoms with Crippen LogP contribution in [0.4, 0.5) is 13.2 Å². The van der Waals surface area contributed by atoms with Gasteiger partial charge in [-0.2, -0.15) is 18.3 Å². The van der Waals surface area contributed by atoms with E-state index in [1.54, 1.807) is 6.92 Å². The van der Waals surface area contributed by atoms with Crippen LogP contribution < -0.4 is 5.73 Å². The largest absolute Gasteiger partial charge is 0.416 e. The summed E-state index contributed by atoms with van der Waals surface area (Å²) in [6.45, 7) is 1.86. The first kappa shape index (κ1) is 12.6. The molecule has 7 heteroatoms. The van der Waals surface area contributed by atoms with E-state index in [4.69, 9.17) is 5.73 Å². The van der Waals surface area contributed by atoms with Crippen molar-refractivity contribution >= 4 is 0 Å². The summed E-state index contributed by atoms with van der Waals surface area (Å²) in [5.74, 6) is 1.03. The van der Waals surface area contributed by atoms with Crippen molar-refractivity contribution in [2.75, 3.05) is 0 Å². The molecule has 2 rings (SSSR count). The second-order valence-corrected chi connectivity index (χ2v) is 3.74. The van der Waals surface area contributed by atoms with Gasteiger partial charge in [0.1, 0.15) is 11.6 Å². The Kier molecular flexibility index (Phi) is 3.08. The first-order valence-corrected chi connectivity index (χ1v) is 5.22. The molecular weight excluding hydrogens is 245 g/mol. The second kappa shape index (κ2) is 4.41. The molecule has 1 aromatic heterocycles. The van der Waals surface area contributed by atoms with Gasteiger partial charge in [0, 0.05) is 0 Å². The number of hydrogen-bond donors (Lipinski definition) is 1. The molecular formula is C11H11F3N4. The van der Waals surface area contributed by atoms with Crippen LogP contribution in [-0.2, 0) is 12.7 Å². The third-order valence-corrected chi connectivity index (χ3v) is 2.40. The predicted octanol–water partition coefficient (Wildman–Crippen LogP) is 2.05. The van der Waals surface area contributed by atoms with Gasteiger partial charge in [-0.15, -0.1) is 0 Å². The van der Waals surface area contributed by atoms with Gasteiger partial charge >= 0.3 is 6.18 Å². The number of halogens is 3. The molecule has 4 nitrogen and oxygen atoms in total. The van der Waals surface area contributed by atoms with Gasteiger partial charge < -0.3 is 5.73 Å². The maximum absolute atomic E-state index is 12.4. The van der Waals surface area contributed by atoms with Crippen LogP contribution in [0.1, 0.15) is 17.2 Å². The molecule has 0 fully saturated rings. The molecule has 0 saturated heterocycles. The Hall–Kier alpha value is -1.89. The summed E-state index contributed by atoms with van der Waals surface area (Å²) in [6, 6.07) is 4.70. The highest BCUT2D eigenvalue weighted by molar-refractivity contribution is 5.35. The smallest absolute Gasteiger partial charge is 0.324 e. The minimum absolute atomic E-state index is 0.169. The molecule has 1 heterocycles. The Morgan fingerprint density at radius 2 is 1.83 bits per heavy atom. The van der Waals surface area contributed by atoms with Crippen LogP contribution >= 0.6 is 0 Å². The molecule has 0 spiro atoms. The van der Waals surface area contributed by atoms with E-state index in [9.17, 15) is 13.2 Å². The molecule has 0 aliphatic carbocycles. The number of benzene rings is 1. The van der Waals surface area contributed by atoms with Gasteiger partial charge in [-0.05, 0) is 31.2 Å². The summed E-state index contributed by atoms with van der Waals surface area (Å²) in [5, 5.41) is 4.09. The fourth-order valence-electron chi connectivity index (χ4n) is 1.59. The van der Waals surface area contributed by atoms with Gasteiger partial charge in [0.2, 0.25) is 0 Å². The monoisotopic (exact) mass is 256 g/mol. The van der Waals surface area contributed by atoms with Crippen molar-refractivity contribution in [3.05, 3.63) is 41.5 Å². The zero-order valence-corrected chi connectivity index (χ0v) is 9.57. The van der Waals surface area contributed by atoms with E-state index in [2.05, 4.69) is 10.1 Å². The Labute approximate surface area is 101 Å². The summed E-state index contributed by atoms with van der Waals surface area (Å²) in [5.41, 5.74) is 5.30. The lowest BCUT2D eigenvalue weighted by atomic mass is 10.2. The van der Waals surface area contributed by atoms with Crippen LogP contribution in [0.3, 0.4) is 0 Å². The molecule has 0 aliphatic heterocycles. The topological polar surface area (TPSA) is 56.7 Å². The molecule has 96 valence electrons. The average Bonchev–Trinajstić information content (AvgIpc) is 2.69. The fourth-order valence-corrected chi connectivity index (χ4v) is 1.59. The van der Waals surface area contributed by atoms with Crippen LogP contribution in [0.5, 0.6) is 0 Å². The van der Waals surface area contributed by atoms with Gasteiger partial charge in [-0.1, -0.05) is 0 Å². The van der Waals surface area contributed by atoms with E-state index in [-0.39, 0.29) is 6.54 Å². The average molecular weight is 256 g/mol. The van der Waals surface area contributed by atoms with E-state index < -0.39 is 11.7 Å². The number of rotatable bonds is 2. The van der Waals surface area contributed by atoms with Gasteiger partial charge in [-0.25, -0.2) is 9.67 Å². The van der Waals surface area contributed by atoms with Crippen molar-refractivity contribution in [1.82, 2.24) is 14.8 Å². The van der Waals surface area contributed by atoms with Gasteiger partial charge in [-0.3, -0.25) is 0 Å². The first-order chi connectivity index (χ1) is 8.41. The van der Waals surface area contributed by atoms with E-state index >= 15 is 0 Å². The Morgan fingerprint density at radius 1 is 1.22 bits per heavy atom. The van der Waals surface area contributed by atoms with Crippen molar-refractivity contribution in [3.63, 3.8) is 0 Å². The number of alkyl halides is 3. The van der Waals surface area contributed by atoms with Crippen LogP contribution in [0, 0.1) is 6.92 Å². The predicted molar refractivity (Wildman–Crippen MR) is 59.0 cm³/mol. The lowest BCUT2D eigenvalue weighted by molar-refractivity contribution is -0.137. The Morgan fingerprint density at radius 3 is 2.33 bits per heavy atom. The number of aromatic nitrogens is 3. The van der Waals surface area contributed by atoms with Crippen LogP contribution in [0.25, 0.3) is 5.69 Å². The summed E-state index contributed by atoms with van der Waals surface area (Å²) in [7, 11) is 0. The van der Waals surface area contributed by atoms with Crippen LogP contribution in [0.2, 0.25) is 0 Å². The van der Waals surface area contributed by atoms with Crippen molar-refractivity contribution in [1.29, 1.82) is 0 Å². The third-order valence-electron chi connectivity index (χ3n) is 2.40. The van der Waals surface area contributed by atoms with Crippen LogP contribution in [-0.4, -0.2) is 14.8 Å². The molecule has 0 bridgehead atoms. The molecule has 0 amide bonds. The second-order valence-electron chi connectivity index (χ2n) is 3.74. The standard InChI is InChI=1S/C11H11F3N4/c1-7-16-10(6-15)18(17-7)9-4-2-8(3-5-9)11(12,13)14/h2-5H,6,15H2,1H3. The molecule has 0 aliphatic rings. The highest BCUT2D eigenvalue weighted by atomic mass is 19.4. The van der Waals surface area contributed by atoms with Crippen LogP contribution in [0.15, 0.2) is 24.3 Å². The molecule has 0 unspecified atom stereocenters. The minimum atomic E-state index is -4.34. The minimum Gasteiger partial charge on any atom is -0.324 e. The molecule has 0 saturated carbocycles. The Bertz CT molecular complexity index is 542. The molecule has 2 aromatic rings. The number of aryl methyl sites for hydroxylation is 1. The lowest BCUT2D eigenvalue weighted by Gasteiger charge is -2.08. The lowest BCUT2D eigenvalue weighted by Crippen LogP contribution is -2.09. The zero-order chi connectivity index (χ0) is 13.3. The normalized spacial score (nSPS) is 11.8. The van der Waals surface area contributed by atoms with Gasteiger partial charge in [0.05, 0.1) is 17.8 Å². The maximum atomic E-state index is 12.4. The highest BCUT2D eigenvalue weighted by Gasteiger charge is 2.30. The molecule has 1 aromatic carbocycles. The van der Waals surface area contributed by atoms with Crippen molar-refractivity contribution in [3.8, 4) is 5.69 Å². The van der Waals surface area contributed by atoms with Crippen molar-refractivity contribution in [2.24, 2.45) is 5.73 Å².